The number of hydrogen-bond acceptors (Lipinski definition) is 5. The first-order valence-electron chi connectivity index (χ1n) is 5.80. The van der Waals surface area contributed by atoms with Crippen molar-refractivity contribution in [2.75, 3.05) is 5.32 Å². The lowest BCUT2D eigenvalue weighted by Gasteiger charge is -2.10. The summed E-state index contributed by atoms with van der Waals surface area (Å²) in [5, 5.41) is 20.1. The molecule has 2 N–H and O–H groups in total. The van der Waals surface area contributed by atoms with Crippen molar-refractivity contribution < 1.29 is 9.90 Å². The van der Waals surface area contributed by atoms with Crippen LogP contribution >= 0.6 is 0 Å². The summed E-state index contributed by atoms with van der Waals surface area (Å²) >= 11 is 0. The molecule has 0 fully saturated rings. The number of pyridine rings is 1. The molecule has 2 aromatic heterocycles. The minimum Gasteiger partial charge on any atom is -0.478 e. The number of anilines is 1. The molecule has 0 aromatic carbocycles. The number of aromatic carboxylic acids is 1. The van der Waals surface area contributed by atoms with Crippen molar-refractivity contribution >= 4 is 11.8 Å². The predicted molar refractivity (Wildman–Crippen MR) is 70.0 cm³/mol. The van der Waals surface area contributed by atoms with Crippen LogP contribution in [0.15, 0.2) is 24.4 Å². The lowest BCUT2D eigenvalue weighted by molar-refractivity contribution is 0.0696. The standard InChI is InChI=1S/C13H14N4O2/c1-8-9(2)16-17-12(11(8)13(18)19)15-7-10-5-3-4-6-14-10/h3-6H,7H2,1-2H3,(H,15,17)(H,18,19). The van der Waals surface area contributed by atoms with Crippen molar-refractivity contribution in [3.8, 4) is 0 Å². The fourth-order valence-corrected chi connectivity index (χ4v) is 1.67. The van der Waals surface area contributed by atoms with Gasteiger partial charge in [-0.1, -0.05) is 6.07 Å². The lowest BCUT2D eigenvalue weighted by Crippen LogP contribution is -2.13. The number of nitrogens with zero attached hydrogens (tertiary/aromatic N) is 3. The van der Waals surface area contributed by atoms with Crippen molar-refractivity contribution in [3.63, 3.8) is 0 Å². The molecular weight excluding hydrogens is 244 g/mol. The molecule has 98 valence electrons. The Bertz CT molecular complexity index is 599. The maximum absolute atomic E-state index is 11.3. The van der Waals surface area contributed by atoms with Crippen molar-refractivity contribution in [1.82, 2.24) is 15.2 Å². The molecule has 6 nitrogen and oxygen atoms in total. The molecule has 2 rings (SSSR count). The summed E-state index contributed by atoms with van der Waals surface area (Å²) in [5.74, 6) is -0.750. The van der Waals surface area contributed by atoms with Gasteiger partial charge in [0.1, 0.15) is 5.56 Å². The van der Waals surface area contributed by atoms with Crippen molar-refractivity contribution in [1.29, 1.82) is 0 Å². The molecular formula is C13H14N4O2. The van der Waals surface area contributed by atoms with Gasteiger partial charge in [0.25, 0.3) is 0 Å². The molecule has 0 radical (unpaired) electrons. The van der Waals surface area contributed by atoms with E-state index in [9.17, 15) is 9.90 Å². The zero-order valence-electron chi connectivity index (χ0n) is 10.7. The molecule has 0 saturated carbocycles. The van der Waals surface area contributed by atoms with Gasteiger partial charge >= 0.3 is 5.97 Å². The van der Waals surface area contributed by atoms with Crippen LogP contribution in [0.3, 0.4) is 0 Å². The quantitative estimate of drug-likeness (QED) is 0.869. The summed E-state index contributed by atoms with van der Waals surface area (Å²) < 4.78 is 0. The number of rotatable bonds is 4. The maximum Gasteiger partial charge on any atom is 0.339 e. The highest BCUT2D eigenvalue weighted by atomic mass is 16.4. The molecule has 0 aliphatic carbocycles. The van der Waals surface area contributed by atoms with Gasteiger partial charge in [-0.15, -0.1) is 5.10 Å². The van der Waals surface area contributed by atoms with Gasteiger partial charge in [0.05, 0.1) is 17.9 Å². The van der Waals surface area contributed by atoms with Gasteiger partial charge < -0.3 is 10.4 Å². The second-order valence-electron chi connectivity index (χ2n) is 4.11. The Hall–Kier alpha value is -2.50. The fraction of sp³-hybridized carbons (Fsp3) is 0.231. The Morgan fingerprint density at radius 2 is 2.11 bits per heavy atom. The van der Waals surface area contributed by atoms with E-state index in [4.69, 9.17) is 0 Å². The number of nitrogens with one attached hydrogen (secondary N) is 1. The fourth-order valence-electron chi connectivity index (χ4n) is 1.67. The predicted octanol–water partition coefficient (Wildman–Crippen LogP) is 1.80. The van der Waals surface area contributed by atoms with Gasteiger partial charge in [-0.05, 0) is 31.5 Å². The number of carboxylic acids is 1. The van der Waals surface area contributed by atoms with Crippen molar-refractivity contribution in [3.05, 3.63) is 46.9 Å². The summed E-state index contributed by atoms with van der Waals surface area (Å²) in [6.45, 7) is 3.86. The molecule has 0 bridgehead atoms. The van der Waals surface area contributed by atoms with E-state index in [1.807, 2.05) is 18.2 Å². The summed E-state index contributed by atoms with van der Waals surface area (Å²) in [6.07, 6.45) is 1.68. The van der Waals surface area contributed by atoms with E-state index in [0.717, 1.165) is 5.69 Å². The van der Waals surface area contributed by atoms with E-state index in [1.165, 1.54) is 0 Å². The van der Waals surface area contributed by atoms with Crippen LogP contribution in [0, 0.1) is 13.8 Å². The Labute approximate surface area is 110 Å². The highest BCUT2D eigenvalue weighted by molar-refractivity contribution is 5.94. The summed E-state index contributed by atoms with van der Waals surface area (Å²) in [4.78, 5) is 15.4. The van der Waals surface area contributed by atoms with E-state index in [1.54, 1.807) is 20.0 Å². The monoisotopic (exact) mass is 258 g/mol. The molecule has 0 amide bonds. The van der Waals surface area contributed by atoms with Crippen molar-refractivity contribution in [2.24, 2.45) is 0 Å². The zero-order chi connectivity index (χ0) is 13.8. The van der Waals surface area contributed by atoms with Crippen LogP contribution in [0.1, 0.15) is 27.3 Å². The van der Waals surface area contributed by atoms with Crippen LogP contribution in [0.2, 0.25) is 0 Å². The topological polar surface area (TPSA) is 88.0 Å². The first-order chi connectivity index (χ1) is 9.09. The average molecular weight is 258 g/mol. The number of aromatic nitrogens is 3. The zero-order valence-corrected chi connectivity index (χ0v) is 10.7. The average Bonchev–Trinajstić information content (AvgIpc) is 2.41. The summed E-state index contributed by atoms with van der Waals surface area (Å²) in [5.41, 5.74) is 2.19. The van der Waals surface area contributed by atoms with Crippen LogP contribution in [-0.2, 0) is 6.54 Å². The molecule has 0 aliphatic heterocycles. The van der Waals surface area contributed by atoms with Gasteiger partial charge in [-0.2, -0.15) is 5.10 Å². The molecule has 2 heterocycles. The third-order valence-corrected chi connectivity index (χ3v) is 2.83. The molecule has 0 unspecified atom stereocenters. The number of carboxylic acid groups (broad SMARTS) is 1. The Morgan fingerprint density at radius 3 is 2.74 bits per heavy atom. The van der Waals surface area contributed by atoms with Gasteiger partial charge in [-0.3, -0.25) is 4.98 Å². The molecule has 0 saturated heterocycles. The Balaban J connectivity index is 2.26. The molecule has 6 heteroatoms. The van der Waals surface area contributed by atoms with E-state index in [0.29, 0.717) is 17.8 Å². The number of carbonyl (C=O) groups is 1. The van der Waals surface area contributed by atoms with Gasteiger partial charge in [0.2, 0.25) is 0 Å². The largest absolute Gasteiger partial charge is 0.478 e. The van der Waals surface area contributed by atoms with Gasteiger partial charge in [-0.25, -0.2) is 4.79 Å². The second kappa shape index (κ2) is 5.43. The molecule has 0 spiro atoms. The highest BCUT2D eigenvalue weighted by Gasteiger charge is 2.17. The second-order valence-corrected chi connectivity index (χ2v) is 4.11. The van der Waals surface area contributed by atoms with E-state index in [-0.39, 0.29) is 11.4 Å². The Kier molecular flexibility index (Phi) is 3.70. The minimum atomic E-state index is -1.01. The van der Waals surface area contributed by atoms with Crippen LogP contribution < -0.4 is 5.32 Å². The molecule has 0 atom stereocenters. The van der Waals surface area contributed by atoms with E-state index >= 15 is 0 Å². The van der Waals surface area contributed by atoms with Crippen LogP contribution in [-0.4, -0.2) is 26.3 Å². The van der Waals surface area contributed by atoms with Gasteiger partial charge in [0, 0.05) is 6.20 Å². The maximum atomic E-state index is 11.3. The molecule has 0 aliphatic rings. The summed E-state index contributed by atoms with van der Waals surface area (Å²) in [7, 11) is 0. The van der Waals surface area contributed by atoms with Gasteiger partial charge in [0.15, 0.2) is 5.82 Å². The van der Waals surface area contributed by atoms with Crippen molar-refractivity contribution in [2.45, 2.75) is 20.4 Å². The lowest BCUT2D eigenvalue weighted by atomic mass is 10.1. The third-order valence-electron chi connectivity index (χ3n) is 2.83. The molecule has 2 aromatic rings. The van der Waals surface area contributed by atoms with E-state index in [2.05, 4.69) is 20.5 Å². The molecule has 19 heavy (non-hydrogen) atoms. The van der Waals surface area contributed by atoms with E-state index < -0.39 is 5.97 Å². The Morgan fingerprint density at radius 1 is 1.32 bits per heavy atom. The number of hydrogen-bond donors (Lipinski definition) is 2. The minimum absolute atomic E-state index is 0.156. The summed E-state index contributed by atoms with van der Waals surface area (Å²) in [6, 6.07) is 5.54. The third kappa shape index (κ3) is 2.85. The van der Waals surface area contributed by atoms with Crippen LogP contribution in [0.5, 0.6) is 0 Å². The normalized spacial score (nSPS) is 10.2. The first kappa shape index (κ1) is 12.9. The van der Waals surface area contributed by atoms with Crippen LogP contribution in [0.25, 0.3) is 0 Å². The number of aryl methyl sites for hydroxylation is 1. The first-order valence-corrected chi connectivity index (χ1v) is 5.80. The van der Waals surface area contributed by atoms with Crippen LogP contribution in [0.4, 0.5) is 5.82 Å². The SMILES string of the molecule is Cc1nnc(NCc2ccccn2)c(C(=O)O)c1C. The smallest absolute Gasteiger partial charge is 0.339 e. The highest BCUT2D eigenvalue weighted by Crippen LogP contribution is 2.18.